The number of hydrogen-bond donors (Lipinski definition) is 1. The first-order valence-electron chi connectivity index (χ1n) is 6.95. The van der Waals surface area contributed by atoms with Crippen molar-refractivity contribution in [2.45, 2.75) is 39.0 Å². The van der Waals surface area contributed by atoms with Crippen LogP contribution < -0.4 is 5.56 Å². The van der Waals surface area contributed by atoms with E-state index in [1.165, 1.54) is 19.3 Å². The maximum Gasteiger partial charge on any atom is 0.248 e. The van der Waals surface area contributed by atoms with Crippen molar-refractivity contribution in [3.63, 3.8) is 0 Å². The number of aromatic nitrogens is 2. The maximum absolute atomic E-state index is 11.5. The van der Waals surface area contributed by atoms with Crippen LogP contribution in [0.15, 0.2) is 41.3 Å². The van der Waals surface area contributed by atoms with Crippen LogP contribution in [0.1, 0.15) is 38.3 Å². The van der Waals surface area contributed by atoms with Gasteiger partial charge < -0.3 is 4.98 Å². The first kappa shape index (κ1) is 13.5. The summed E-state index contributed by atoms with van der Waals surface area (Å²) in [6, 6.07) is 9.28. The number of aromatic amines is 1. The Labute approximate surface area is 113 Å². The van der Waals surface area contributed by atoms with Gasteiger partial charge in [0.1, 0.15) is 0 Å². The SMILES string of the molecule is CCCCCCc1[nH]c(=O)ccc1-c1ccccn1. The Balaban J connectivity index is 2.21. The second kappa shape index (κ2) is 6.88. The summed E-state index contributed by atoms with van der Waals surface area (Å²) in [7, 11) is 0. The largest absolute Gasteiger partial charge is 0.326 e. The average molecular weight is 256 g/mol. The molecule has 0 bridgehead atoms. The average Bonchev–Trinajstić information content (AvgIpc) is 2.45. The molecule has 19 heavy (non-hydrogen) atoms. The molecule has 0 radical (unpaired) electrons. The molecule has 0 saturated carbocycles. The monoisotopic (exact) mass is 256 g/mol. The van der Waals surface area contributed by atoms with E-state index in [-0.39, 0.29) is 5.56 Å². The minimum absolute atomic E-state index is 0.0369. The lowest BCUT2D eigenvalue weighted by Crippen LogP contribution is -2.09. The van der Waals surface area contributed by atoms with Crippen molar-refractivity contribution in [2.75, 3.05) is 0 Å². The lowest BCUT2D eigenvalue weighted by molar-refractivity contribution is 0.660. The number of pyridine rings is 2. The third-order valence-corrected chi connectivity index (χ3v) is 3.22. The molecule has 2 rings (SSSR count). The van der Waals surface area contributed by atoms with Crippen LogP contribution in [0.2, 0.25) is 0 Å². The molecule has 3 nitrogen and oxygen atoms in total. The van der Waals surface area contributed by atoms with E-state index >= 15 is 0 Å². The van der Waals surface area contributed by atoms with Gasteiger partial charge in [0.25, 0.3) is 0 Å². The summed E-state index contributed by atoms with van der Waals surface area (Å²) < 4.78 is 0. The van der Waals surface area contributed by atoms with E-state index < -0.39 is 0 Å². The van der Waals surface area contributed by atoms with E-state index in [1.807, 2.05) is 24.3 Å². The van der Waals surface area contributed by atoms with Crippen LogP contribution in [0.4, 0.5) is 0 Å². The molecule has 2 heterocycles. The summed E-state index contributed by atoms with van der Waals surface area (Å²) in [5.74, 6) is 0. The fourth-order valence-electron chi connectivity index (χ4n) is 2.21. The van der Waals surface area contributed by atoms with Crippen molar-refractivity contribution >= 4 is 0 Å². The van der Waals surface area contributed by atoms with Gasteiger partial charge in [0.05, 0.1) is 5.69 Å². The zero-order valence-electron chi connectivity index (χ0n) is 11.4. The molecule has 0 amide bonds. The predicted octanol–water partition coefficient (Wildman–Crippen LogP) is 3.56. The molecule has 0 aliphatic heterocycles. The Bertz CT molecular complexity index is 560. The zero-order chi connectivity index (χ0) is 13.5. The van der Waals surface area contributed by atoms with Crippen LogP contribution >= 0.6 is 0 Å². The minimum atomic E-state index is -0.0369. The fourth-order valence-corrected chi connectivity index (χ4v) is 2.21. The van der Waals surface area contributed by atoms with Crippen LogP contribution in [-0.4, -0.2) is 9.97 Å². The van der Waals surface area contributed by atoms with Gasteiger partial charge in [-0.2, -0.15) is 0 Å². The van der Waals surface area contributed by atoms with Crippen molar-refractivity contribution in [3.8, 4) is 11.3 Å². The van der Waals surface area contributed by atoms with Crippen LogP contribution in [0.5, 0.6) is 0 Å². The van der Waals surface area contributed by atoms with E-state index in [0.717, 1.165) is 29.8 Å². The van der Waals surface area contributed by atoms with E-state index in [4.69, 9.17) is 0 Å². The Morgan fingerprint density at radius 2 is 2.00 bits per heavy atom. The van der Waals surface area contributed by atoms with Crippen molar-refractivity contribution in [3.05, 3.63) is 52.6 Å². The van der Waals surface area contributed by atoms with Crippen LogP contribution in [0.25, 0.3) is 11.3 Å². The number of H-pyrrole nitrogens is 1. The van der Waals surface area contributed by atoms with Crippen LogP contribution in [0, 0.1) is 0 Å². The molecule has 1 N–H and O–H groups in total. The van der Waals surface area contributed by atoms with Gasteiger partial charge in [0.2, 0.25) is 5.56 Å². The Morgan fingerprint density at radius 1 is 1.11 bits per heavy atom. The van der Waals surface area contributed by atoms with Gasteiger partial charge in [0, 0.05) is 23.5 Å². The van der Waals surface area contributed by atoms with Crippen LogP contribution in [0.3, 0.4) is 0 Å². The van der Waals surface area contributed by atoms with Crippen molar-refractivity contribution < 1.29 is 0 Å². The maximum atomic E-state index is 11.5. The Morgan fingerprint density at radius 3 is 2.74 bits per heavy atom. The molecule has 100 valence electrons. The van der Waals surface area contributed by atoms with E-state index in [0.29, 0.717) is 0 Å². The molecular weight excluding hydrogens is 236 g/mol. The van der Waals surface area contributed by atoms with Gasteiger partial charge in [-0.3, -0.25) is 9.78 Å². The van der Waals surface area contributed by atoms with Gasteiger partial charge in [-0.15, -0.1) is 0 Å². The molecule has 0 saturated heterocycles. The highest BCUT2D eigenvalue weighted by Gasteiger charge is 2.06. The van der Waals surface area contributed by atoms with E-state index in [9.17, 15) is 4.79 Å². The summed E-state index contributed by atoms with van der Waals surface area (Å²) in [6.45, 7) is 2.20. The van der Waals surface area contributed by atoms with Gasteiger partial charge in [-0.1, -0.05) is 32.3 Å². The first-order chi connectivity index (χ1) is 9.31. The molecule has 3 heteroatoms. The second-order valence-corrected chi connectivity index (χ2v) is 4.74. The topological polar surface area (TPSA) is 45.8 Å². The number of nitrogens with one attached hydrogen (secondary N) is 1. The molecular formula is C16H20N2O. The van der Waals surface area contributed by atoms with Crippen molar-refractivity contribution in [1.29, 1.82) is 0 Å². The Kier molecular flexibility index (Phi) is 4.90. The molecule has 2 aromatic heterocycles. The van der Waals surface area contributed by atoms with Gasteiger partial charge in [-0.05, 0) is 31.0 Å². The second-order valence-electron chi connectivity index (χ2n) is 4.74. The minimum Gasteiger partial charge on any atom is -0.326 e. The fraction of sp³-hybridized carbons (Fsp3) is 0.375. The molecule has 0 atom stereocenters. The Hall–Kier alpha value is -1.90. The van der Waals surface area contributed by atoms with Gasteiger partial charge in [-0.25, -0.2) is 0 Å². The molecule has 0 fully saturated rings. The number of unbranched alkanes of at least 4 members (excludes halogenated alkanes) is 3. The zero-order valence-corrected chi connectivity index (χ0v) is 11.4. The van der Waals surface area contributed by atoms with Crippen molar-refractivity contribution in [1.82, 2.24) is 9.97 Å². The van der Waals surface area contributed by atoms with E-state index in [2.05, 4.69) is 16.9 Å². The highest BCUT2D eigenvalue weighted by Crippen LogP contribution is 2.20. The molecule has 0 spiro atoms. The summed E-state index contributed by atoms with van der Waals surface area (Å²) >= 11 is 0. The smallest absolute Gasteiger partial charge is 0.248 e. The lowest BCUT2D eigenvalue weighted by Gasteiger charge is -2.08. The summed E-state index contributed by atoms with van der Waals surface area (Å²) in [4.78, 5) is 18.8. The number of nitrogens with zero attached hydrogens (tertiary/aromatic N) is 1. The van der Waals surface area contributed by atoms with Gasteiger partial charge >= 0.3 is 0 Å². The molecule has 0 unspecified atom stereocenters. The normalized spacial score (nSPS) is 10.6. The summed E-state index contributed by atoms with van der Waals surface area (Å²) in [5.41, 5.74) is 2.92. The first-order valence-corrected chi connectivity index (χ1v) is 6.95. The number of hydrogen-bond acceptors (Lipinski definition) is 2. The predicted molar refractivity (Wildman–Crippen MR) is 78.1 cm³/mol. The standard InChI is InChI=1S/C16H20N2O/c1-2-3-4-5-9-15-13(10-11-16(19)18-15)14-8-6-7-12-17-14/h6-8,10-12H,2-5,9H2,1H3,(H,18,19). The van der Waals surface area contributed by atoms with Crippen LogP contribution in [-0.2, 0) is 6.42 Å². The summed E-state index contributed by atoms with van der Waals surface area (Å²) in [6.07, 6.45) is 7.46. The number of aryl methyl sites for hydroxylation is 1. The molecule has 0 aliphatic rings. The molecule has 0 aromatic carbocycles. The lowest BCUT2D eigenvalue weighted by atomic mass is 10.0. The molecule has 0 aliphatic carbocycles. The number of rotatable bonds is 6. The molecule has 2 aromatic rings. The third kappa shape index (κ3) is 3.78. The summed E-state index contributed by atoms with van der Waals surface area (Å²) in [5, 5.41) is 0. The quantitative estimate of drug-likeness (QED) is 0.803. The van der Waals surface area contributed by atoms with Gasteiger partial charge in [0.15, 0.2) is 0 Å². The third-order valence-electron chi connectivity index (χ3n) is 3.22. The van der Waals surface area contributed by atoms with Crippen molar-refractivity contribution in [2.24, 2.45) is 0 Å². The highest BCUT2D eigenvalue weighted by atomic mass is 16.1. The van der Waals surface area contributed by atoms with E-state index in [1.54, 1.807) is 12.3 Å². The highest BCUT2D eigenvalue weighted by molar-refractivity contribution is 5.61.